The third-order valence-electron chi connectivity index (χ3n) is 6.62. The van der Waals surface area contributed by atoms with Crippen LogP contribution in [0.2, 0.25) is 0 Å². The van der Waals surface area contributed by atoms with Gasteiger partial charge in [0.1, 0.15) is 11.6 Å². The van der Waals surface area contributed by atoms with Crippen LogP contribution in [-0.2, 0) is 16.4 Å². The van der Waals surface area contributed by atoms with E-state index in [1.807, 2.05) is 52.0 Å². The molecule has 1 N–H and O–H groups in total. The van der Waals surface area contributed by atoms with E-state index in [4.69, 9.17) is 14.3 Å². The Morgan fingerprint density at radius 1 is 1.00 bits per heavy atom. The largest absolute Gasteiger partial charge is 0.502 e. The molecule has 0 amide bonds. The molecule has 2 aromatic heterocycles. The number of likely N-dealkylation sites (N-methyl/N-ethyl adjacent to an activating group) is 1. The number of anilines is 3. The van der Waals surface area contributed by atoms with Crippen molar-refractivity contribution in [2.75, 3.05) is 43.4 Å². The van der Waals surface area contributed by atoms with Gasteiger partial charge in [0.2, 0.25) is 0 Å². The van der Waals surface area contributed by atoms with Crippen LogP contribution < -0.4 is 21.2 Å². The van der Waals surface area contributed by atoms with Gasteiger partial charge in [-0.25, -0.2) is 4.98 Å². The number of pyridine rings is 2. The summed E-state index contributed by atoms with van der Waals surface area (Å²) in [4.78, 5) is 22.5. The minimum absolute atomic E-state index is 0.154. The molecule has 0 unspecified atom stereocenters. The van der Waals surface area contributed by atoms with E-state index >= 15 is 0 Å². The van der Waals surface area contributed by atoms with Gasteiger partial charge in [-0.1, -0.05) is 6.07 Å². The molecule has 0 aliphatic carbocycles. The first-order valence-corrected chi connectivity index (χ1v) is 10.8. The SMILES string of the molecule is CN1CCN(c2cccc(Nc3ccn(C)c(=O)c3B3OC(C)(C)C(C)(C)O3)n2)CC1. The number of piperazine rings is 1. The second-order valence-corrected chi connectivity index (χ2v) is 9.44. The van der Waals surface area contributed by atoms with Gasteiger partial charge >= 0.3 is 7.12 Å². The quantitative estimate of drug-likeness (QED) is 0.746. The Bertz CT molecular complexity index is 998. The Labute approximate surface area is 184 Å². The average Bonchev–Trinajstić information content (AvgIpc) is 2.92. The van der Waals surface area contributed by atoms with E-state index in [0.717, 1.165) is 32.0 Å². The standard InChI is InChI=1S/C22H32BN5O3/c1-21(2)22(3,4)31-23(30-21)19-16(10-11-27(6)20(19)29)24-17-8-7-9-18(25-17)28-14-12-26(5)13-15-28/h7-11H,12-15H2,1-6H3,(H,24,25). The smallest absolute Gasteiger partial charge is 0.399 e. The summed E-state index contributed by atoms with van der Waals surface area (Å²) < 4.78 is 13.9. The summed E-state index contributed by atoms with van der Waals surface area (Å²) in [7, 11) is 3.11. The van der Waals surface area contributed by atoms with E-state index < -0.39 is 18.3 Å². The highest BCUT2D eigenvalue weighted by molar-refractivity contribution is 6.63. The molecule has 0 radical (unpaired) electrons. The number of hydrogen-bond acceptors (Lipinski definition) is 7. The minimum atomic E-state index is -0.756. The molecular weight excluding hydrogens is 393 g/mol. The number of aryl methyl sites for hydroxylation is 1. The summed E-state index contributed by atoms with van der Waals surface area (Å²) in [5, 5.41) is 3.34. The highest BCUT2D eigenvalue weighted by Gasteiger charge is 2.53. The van der Waals surface area contributed by atoms with Gasteiger partial charge in [0, 0.05) is 45.1 Å². The Morgan fingerprint density at radius 3 is 2.29 bits per heavy atom. The first-order valence-electron chi connectivity index (χ1n) is 10.8. The molecule has 8 nitrogen and oxygen atoms in total. The molecule has 0 aromatic carbocycles. The molecule has 4 rings (SSSR count). The molecule has 166 valence electrons. The normalized spacial score (nSPS) is 20.8. The lowest BCUT2D eigenvalue weighted by atomic mass is 9.78. The van der Waals surface area contributed by atoms with Crippen LogP contribution in [0.1, 0.15) is 27.7 Å². The number of nitrogens with one attached hydrogen (secondary N) is 1. The summed E-state index contributed by atoms with van der Waals surface area (Å²) in [6.45, 7) is 11.8. The lowest BCUT2D eigenvalue weighted by molar-refractivity contribution is 0.00578. The van der Waals surface area contributed by atoms with E-state index in [9.17, 15) is 4.79 Å². The lowest BCUT2D eigenvalue weighted by Crippen LogP contribution is -2.48. The molecule has 2 aliphatic heterocycles. The van der Waals surface area contributed by atoms with Crippen molar-refractivity contribution >= 4 is 29.9 Å². The molecule has 0 atom stereocenters. The third-order valence-corrected chi connectivity index (χ3v) is 6.62. The number of nitrogens with zero attached hydrogens (tertiary/aromatic N) is 4. The van der Waals surface area contributed by atoms with Crippen molar-refractivity contribution in [2.45, 2.75) is 38.9 Å². The first-order chi connectivity index (χ1) is 14.6. The molecular formula is C22H32BN5O3. The monoisotopic (exact) mass is 425 g/mol. The molecule has 2 aliphatic rings. The Morgan fingerprint density at radius 2 is 1.65 bits per heavy atom. The second-order valence-electron chi connectivity index (χ2n) is 9.44. The highest BCUT2D eigenvalue weighted by atomic mass is 16.7. The maximum absolute atomic E-state index is 13.1. The minimum Gasteiger partial charge on any atom is -0.399 e. The highest BCUT2D eigenvalue weighted by Crippen LogP contribution is 2.36. The van der Waals surface area contributed by atoms with Crippen LogP contribution in [-0.4, -0.2) is 66.0 Å². The van der Waals surface area contributed by atoms with Crippen molar-refractivity contribution < 1.29 is 9.31 Å². The zero-order valence-electron chi connectivity index (χ0n) is 19.3. The van der Waals surface area contributed by atoms with Crippen LogP contribution in [0.25, 0.3) is 0 Å². The summed E-state index contributed by atoms with van der Waals surface area (Å²) in [6, 6.07) is 7.78. The first kappa shape index (κ1) is 21.9. The molecule has 0 spiro atoms. The second kappa shape index (κ2) is 7.96. The zero-order chi connectivity index (χ0) is 22.4. The van der Waals surface area contributed by atoms with Gasteiger partial charge in [0.15, 0.2) is 0 Å². The third kappa shape index (κ3) is 4.22. The Hall–Kier alpha value is -2.36. The van der Waals surface area contributed by atoms with Crippen molar-refractivity contribution in [1.29, 1.82) is 0 Å². The topological polar surface area (TPSA) is 71.9 Å². The summed E-state index contributed by atoms with van der Waals surface area (Å²) in [6.07, 6.45) is 1.74. The molecule has 2 fully saturated rings. The fourth-order valence-electron chi connectivity index (χ4n) is 3.79. The van der Waals surface area contributed by atoms with E-state index in [0.29, 0.717) is 17.0 Å². The summed E-state index contributed by atoms with van der Waals surface area (Å²) in [5.41, 5.74) is -0.121. The molecule has 2 saturated heterocycles. The van der Waals surface area contributed by atoms with E-state index in [-0.39, 0.29) is 5.56 Å². The Kier molecular flexibility index (Phi) is 5.62. The predicted molar refractivity (Wildman–Crippen MR) is 125 cm³/mol. The van der Waals surface area contributed by atoms with Gasteiger partial charge < -0.3 is 29.0 Å². The lowest BCUT2D eigenvalue weighted by Gasteiger charge is -2.33. The molecule has 9 heteroatoms. The fraction of sp³-hybridized carbons (Fsp3) is 0.545. The number of rotatable bonds is 4. The number of hydrogen-bond donors (Lipinski definition) is 1. The van der Waals surface area contributed by atoms with E-state index in [1.165, 1.54) is 0 Å². The van der Waals surface area contributed by atoms with Gasteiger partial charge in [-0.15, -0.1) is 0 Å². The van der Waals surface area contributed by atoms with E-state index in [1.54, 1.807) is 17.8 Å². The summed E-state index contributed by atoms with van der Waals surface area (Å²) in [5.74, 6) is 1.61. The molecule has 0 bridgehead atoms. The molecule has 0 saturated carbocycles. The van der Waals surface area contributed by atoms with Gasteiger partial charge in [-0.3, -0.25) is 4.79 Å². The van der Waals surface area contributed by atoms with E-state index in [2.05, 4.69) is 22.2 Å². The van der Waals surface area contributed by atoms with Crippen molar-refractivity contribution in [1.82, 2.24) is 14.5 Å². The van der Waals surface area contributed by atoms with Crippen molar-refractivity contribution in [3.8, 4) is 0 Å². The molecule has 2 aromatic rings. The van der Waals surface area contributed by atoms with Gasteiger partial charge in [0.25, 0.3) is 5.56 Å². The van der Waals surface area contributed by atoms with Gasteiger partial charge in [0.05, 0.1) is 16.7 Å². The maximum Gasteiger partial charge on any atom is 0.502 e. The van der Waals surface area contributed by atoms with Crippen LogP contribution in [0.15, 0.2) is 35.3 Å². The maximum atomic E-state index is 13.1. The predicted octanol–water partition coefficient (Wildman–Crippen LogP) is 1.57. The van der Waals surface area contributed by atoms with Gasteiger partial charge in [-0.2, -0.15) is 0 Å². The van der Waals surface area contributed by atoms with Crippen LogP contribution >= 0.6 is 0 Å². The molecule has 4 heterocycles. The van der Waals surface area contributed by atoms with Gasteiger partial charge in [-0.05, 0) is 52.9 Å². The van der Waals surface area contributed by atoms with Crippen LogP contribution in [0.3, 0.4) is 0 Å². The van der Waals surface area contributed by atoms with Crippen molar-refractivity contribution in [3.63, 3.8) is 0 Å². The summed E-state index contributed by atoms with van der Waals surface area (Å²) >= 11 is 0. The fourth-order valence-corrected chi connectivity index (χ4v) is 3.79. The van der Waals surface area contributed by atoms with Crippen LogP contribution in [0.5, 0.6) is 0 Å². The molecule has 31 heavy (non-hydrogen) atoms. The van der Waals surface area contributed by atoms with Crippen molar-refractivity contribution in [3.05, 3.63) is 40.8 Å². The number of aromatic nitrogens is 2. The Balaban J connectivity index is 1.64. The van der Waals surface area contributed by atoms with Crippen molar-refractivity contribution in [2.24, 2.45) is 7.05 Å². The zero-order valence-corrected chi connectivity index (χ0v) is 19.3. The van der Waals surface area contributed by atoms with Crippen LogP contribution in [0, 0.1) is 0 Å². The van der Waals surface area contributed by atoms with Crippen LogP contribution in [0.4, 0.5) is 17.3 Å². The average molecular weight is 425 g/mol.